The first-order valence-electron chi connectivity index (χ1n) is 4.29. The normalized spacial score (nSPS) is 10.1. The van der Waals surface area contributed by atoms with Gasteiger partial charge in [-0.25, -0.2) is 0 Å². The largest absolute Gasteiger partial charge is 0.399 e. The first kappa shape index (κ1) is 9.10. The third-order valence-electron chi connectivity index (χ3n) is 2.03. The van der Waals surface area contributed by atoms with Gasteiger partial charge in [0.1, 0.15) is 0 Å². The highest BCUT2D eigenvalue weighted by Crippen LogP contribution is 2.27. The Morgan fingerprint density at radius 2 is 1.79 bits per heavy atom. The summed E-state index contributed by atoms with van der Waals surface area (Å²) in [6.07, 6.45) is 0. The molecule has 0 bridgehead atoms. The molecule has 14 heavy (non-hydrogen) atoms. The van der Waals surface area contributed by atoms with Crippen LogP contribution < -0.4 is 5.73 Å². The zero-order chi connectivity index (χ0) is 9.97. The third-order valence-corrected chi connectivity index (χ3v) is 2.34. The van der Waals surface area contributed by atoms with Gasteiger partial charge >= 0.3 is 0 Å². The number of anilines is 1. The van der Waals surface area contributed by atoms with Crippen molar-refractivity contribution in [2.75, 3.05) is 5.73 Å². The predicted molar refractivity (Wildman–Crippen MR) is 60.1 cm³/mol. The van der Waals surface area contributed by atoms with Crippen LogP contribution in [0.2, 0.25) is 5.02 Å². The van der Waals surface area contributed by atoms with E-state index in [1.165, 1.54) is 0 Å². The number of halogens is 1. The van der Waals surface area contributed by atoms with E-state index in [0.29, 0.717) is 5.02 Å². The molecule has 0 aromatic heterocycles. The van der Waals surface area contributed by atoms with Crippen LogP contribution in [0.1, 0.15) is 0 Å². The van der Waals surface area contributed by atoms with Crippen molar-refractivity contribution in [3.63, 3.8) is 0 Å². The van der Waals surface area contributed by atoms with E-state index >= 15 is 0 Å². The van der Waals surface area contributed by atoms with Crippen LogP contribution in [0.5, 0.6) is 0 Å². The standard InChI is InChI=1S/C12H9ClN/c13-12-4-2-1-3-11(12)9-5-7-10(14)8-6-9/h1-3,5-8H,14H2. The molecule has 0 aliphatic rings. The molecule has 0 saturated carbocycles. The quantitative estimate of drug-likeness (QED) is 0.705. The maximum absolute atomic E-state index is 6.01. The highest BCUT2D eigenvalue weighted by Gasteiger charge is 2.01. The molecular weight excluding hydrogens is 194 g/mol. The maximum atomic E-state index is 6.01. The van der Waals surface area contributed by atoms with E-state index in [4.69, 9.17) is 17.3 Å². The lowest BCUT2D eigenvalue weighted by molar-refractivity contribution is 1.60. The van der Waals surface area contributed by atoms with E-state index in [-0.39, 0.29) is 0 Å². The Morgan fingerprint density at radius 3 is 2.43 bits per heavy atom. The summed E-state index contributed by atoms with van der Waals surface area (Å²) in [6.45, 7) is 0. The van der Waals surface area contributed by atoms with Crippen LogP contribution in [0, 0.1) is 6.07 Å². The Bertz CT molecular complexity index is 434. The lowest BCUT2D eigenvalue weighted by atomic mass is 10.1. The molecule has 0 heterocycles. The van der Waals surface area contributed by atoms with E-state index in [9.17, 15) is 0 Å². The van der Waals surface area contributed by atoms with Gasteiger partial charge in [-0.3, -0.25) is 0 Å². The number of rotatable bonds is 1. The van der Waals surface area contributed by atoms with Gasteiger partial charge in [-0.2, -0.15) is 0 Å². The highest BCUT2D eigenvalue weighted by molar-refractivity contribution is 6.33. The molecule has 69 valence electrons. The monoisotopic (exact) mass is 202 g/mol. The average Bonchev–Trinajstić information content (AvgIpc) is 2.20. The highest BCUT2D eigenvalue weighted by atomic mass is 35.5. The summed E-state index contributed by atoms with van der Waals surface area (Å²) < 4.78 is 0. The summed E-state index contributed by atoms with van der Waals surface area (Å²) in [6, 6.07) is 16.2. The Morgan fingerprint density at radius 1 is 1.07 bits per heavy atom. The summed E-state index contributed by atoms with van der Waals surface area (Å²) >= 11 is 6.01. The number of benzene rings is 2. The molecule has 0 saturated heterocycles. The SMILES string of the molecule is Nc1ccc(-c2ccc[c]c2Cl)cc1. The van der Waals surface area contributed by atoms with Crippen molar-refractivity contribution in [2.24, 2.45) is 0 Å². The second kappa shape index (κ2) is 3.72. The number of nitrogen functional groups attached to an aromatic ring is 1. The van der Waals surface area contributed by atoms with Gasteiger partial charge in [-0.05, 0) is 17.7 Å². The van der Waals surface area contributed by atoms with E-state index in [1.54, 1.807) is 6.07 Å². The van der Waals surface area contributed by atoms with Gasteiger partial charge < -0.3 is 5.73 Å². The minimum Gasteiger partial charge on any atom is -0.399 e. The van der Waals surface area contributed by atoms with Crippen LogP contribution in [-0.4, -0.2) is 0 Å². The van der Waals surface area contributed by atoms with Crippen molar-refractivity contribution in [3.8, 4) is 11.1 Å². The molecule has 2 rings (SSSR count). The second-order valence-corrected chi connectivity index (χ2v) is 3.40. The summed E-state index contributed by atoms with van der Waals surface area (Å²) in [5.74, 6) is 0. The zero-order valence-corrected chi connectivity index (χ0v) is 8.25. The molecule has 0 spiro atoms. The third kappa shape index (κ3) is 1.73. The lowest BCUT2D eigenvalue weighted by Gasteiger charge is -2.03. The van der Waals surface area contributed by atoms with Crippen molar-refractivity contribution >= 4 is 17.3 Å². The maximum Gasteiger partial charge on any atom is 0.0563 e. The van der Waals surface area contributed by atoms with Crippen LogP contribution >= 0.6 is 11.6 Å². The Labute approximate surface area is 88.1 Å². The smallest absolute Gasteiger partial charge is 0.0563 e. The Hall–Kier alpha value is -1.47. The molecule has 0 amide bonds. The Kier molecular flexibility index (Phi) is 2.42. The van der Waals surface area contributed by atoms with Crippen molar-refractivity contribution in [1.29, 1.82) is 0 Å². The van der Waals surface area contributed by atoms with Gasteiger partial charge in [-0.15, -0.1) is 0 Å². The summed E-state index contributed by atoms with van der Waals surface area (Å²) in [7, 11) is 0. The topological polar surface area (TPSA) is 26.0 Å². The molecule has 2 aromatic rings. The first-order valence-corrected chi connectivity index (χ1v) is 4.67. The molecule has 0 atom stereocenters. The molecule has 2 aromatic carbocycles. The van der Waals surface area contributed by atoms with Crippen LogP contribution in [0.15, 0.2) is 42.5 Å². The molecular formula is C12H9ClN. The van der Waals surface area contributed by atoms with Gasteiger partial charge in [0.2, 0.25) is 0 Å². The molecule has 1 nitrogen and oxygen atoms in total. The number of hydrogen-bond donors (Lipinski definition) is 1. The fraction of sp³-hybridized carbons (Fsp3) is 0. The molecule has 0 unspecified atom stereocenters. The molecule has 0 fully saturated rings. The van der Waals surface area contributed by atoms with Crippen molar-refractivity contribution in [1.82, 2.24) is 0 Å². The Balaban J connectivity index is 2.50. The van der Waals surface area contributed by atoms with Gasteiger partial charge in [0.25, 0.3) is 0 Å². The molecule has 0 aliphatic carbocycles. The van der Waals surface area contributed by atoms with Gasteiger partial charge in [-0.1, -0.05) is 41.9 Å². The van der Waals surface area contributed by atoms with Crippen LogP contribution in [0.4, 0.5) is 5.69 Å². The second-order valence-electron chi connectivity index (χ2n) is 3.02. The predicted octanol–water partition coefficient (Wildman–Crippen LogP) is 3.39. The van der Waals surface area contributed by atoms with E-state index in [2.05, 4.69) is 6.07 Å². The minimum absolute atomic E-state index is 0.636. The van der Waals surface area contributed by atoms with Crippen LogP contribution in [0.3, 0.4) is 0 Å². The minimum atomic E-state index is 0.636. The lowest BCUT2D eigenvalue weighted by Crippen LogP contribution is -1.84. The molecule has 2 heteroatoms. The molecule has 1 radical (unpaired) electrons. The number of nitrogens with two attached hydrogens (primary N) is 1. The van der Waals surface area contributed by atoms with Crippen molar-refractivity contribution in [2.45, 2.75) is 0 Å². The van der Waals surface area contributed by atoms with Crippen LogP contribution in [-0.2, 0) is 0 Å². The van der Waals surface area contributed by atoms with E-state index in [0.717, 1.165) is 16.8 Å². The summed E-state index contributed by atoms with van der Waals surface area (Å²) in [5.41, 5.74) is 8.39. The van der Waals surface area contributed by atoms with Gasteiger partial charge in [0.15, 0.2) is 0 Å². The van der Waals surface area contributed by atoms with E-state index in [1.807, 2.05) is 36.4 Å². The average molecular weight is 203 g/mol. The van der Waals surface area contributed by atoms with Gasteiger partial charge in [0.05, 0.1) is 5.02 Å². The number of hydrogen-bond acceptors (Lipinski definition) is 1. The zero-order valence-electron chi connectivity index (χ0n) is 7.50. The fourth-order valence-corrected chi connectivity index (χ4v) is 1.54. The molecule has 2 N–H and O–H groups in total. The van der Waals surface area contributed by atoms with Gasteiger partial charge in [0, 0.05) is 17.3 Å². The fourth-order valence-electron chi connectivity index (χ4n) is 1.30. The summed E-state index contributed by atoms with van der Waals surface area (Å²) in [4.78, 5) is 0. The van der Waals surface area contributed by atoms with Crippen molar-refractivity contribution < 1.29 is 0 Å². The first-order chi connectivity index (χ1) is 6.77. The van der Waals surface area contributed by atoms with Crippen molar-refractivity contribution in [3.05, 3.63) is 53.6 Å². The summed E-state index contributed by atoms with van der Waals surface area (Å²) in [5, 5.41) is 0.636. The van der Waals surface area contributed by atoms with E-state index < -0.39 is 0 Å². The molecule has 0 aliphatic heterocycles. The van der Waals surface area contributed by atoms with Crippen LogP contribution in [0.25, 0.3) is 11.1 Å².